The molecule has 106 valence electrons. The van der Waals surface area contributed by atoms with Crippen molar-refractivity contribution in [3.8, 4) is 11.3 Å². The number of fused-ring (bicyclic) bond motifs is 1. The summed E-state index contributed by atoms with van der Waals surface area (Å²) in [6.07, 6.45) is 1.94. The fraction of sp³-hybridized carbons (Fsp3) is 0.438. The lowest BCUT2D eigenvalue weighted by Gasteiger charge is -2.13. The van der Waals surface area contributed by atoms with E-state index in [2.05, 4.69) is 23.8 Å². The summed E-state index contributed by atoms with van der Waals surface area (Å²) in [6, 6.07) is 7.05. The highest BCUT2D eigenvalue weighted by Gasteiger charge is 2.21. The zero-order valence-electron chi connectivity index (χ0n) is 12.0. The molecule has 0 amide bonds. The number of nitrogens with one attached hydrogen (secondary N) is 1. The fourth-order valence-corrected chi connectivity index (χ4v) is 2.81. The van der Waals surface area contributed by atoms with Gasteiger partial charge in [0, 0.05) is 30.1 Å². The highest BCUT2D eigenvalue weighted by molar-refractivity contribution is 5.65. The zero-order chi connectivity index (χ0) is 14.1. The van der Waals surface area contributed by atoms with E-state index < -0.39 is 0 Å². The van der Waals surface area contributed by atoms with Gasteiger partial charge < -0.3 is 5.32 Å². The van der Waals surface area contributed by atoms with Crippen molar-refractivity contribution in [2.45, 2.75) is 32.7 Å². The van der Waals surface area contributed by atoms with Crippen LogP contribution in [0.15, 0.2) is 24.3 Å². The van der Waals surface area contributed by atoms with Crippen LogP contribution < -0.4 is 5.32 Å². The van der Waals surface area contributed by atoms with Crippen LogP contribution in [0.1, 0.15) is 31.1 Å². The molecule has 0 atom stereocenters. The Balaban J connectivity index is 2.16. The first-order valence-corrected chi connectivity index (χ1v) is 7.23. The Morgan fingerprint density at radius 3 is 2.55 bits per heavy atom. The van der Waals surface area contributed by atoms with Gasteiger partial charge in [-0.3, -0.25) is 4.68 Å². The van der Waals surface area contributed by atoms with Crippen LogP contribution in [-0.4, -0.2) is 22.9 Å². The molecule has 1 aromatic carbocycles. The summed E-state index contributed by atoms with van der Waals surface area (Å²) in [5.74, 6) is -0.197. The van der Waals surface area contributed by atoms with E-state index >= 15 is 0 Å². The van der Waals surface area contributed by atoms with Crippen LogP contribution in [0.25, 0.3) is 11.3 Å². The standard InChI is InChI=1S/C16H20FN3/c1-11(2)20-16(12-3-5-13(17)6-4-12)14-7-9-18-10-8-15(14)19-20/h3-6,11,18H,7-10H2,1-2H3. The van der Waals surface area contributed by atoms with Crippen LogP contribution in [0.4, 0.5) is 4.39 Å². The fourth-order valence-electron chi connectivity index (χ4n) is 2.81. The van der Waals surface area contributed by atoms with Gasteiger partial charge in [-0.1, -0.05) is 0 Å². The summed E-state index contributed by atoms with van der Waals surface area (Å²) in [6.45, 7) is 6.23. The molecular weight excluding hydrogens is 253 g/mol. The van der Waals surface area contributed by atoms with Crippen LogP contribution in [0.2, 0.25) is 0 Å². The molecule has 0 aliphatic carbocycles. The minimum Gasteiger partial charge on any atom is -0.316 e. The zero-order valence-corrected chi connectivity index (χ0v) is 12.0. The van der Waals surface area contributed by atoms with Gasteiger partial charge in [0.05, 0.1) is 11.4 Å². The third-order valence-corrected chi connectivity index (χ3v) is 3.79. The normalized spacial score (nSPS) is 15.2. The highest BCUT2D eigenvalue weighted by atomic mass is 19.1. The van der Waals surface area contributed by atoms with Gasteiger partial charge >= 0.3 is 0 Å². The molecule has 0 spiro atoms. The maximum atomic E-state index is 13.2. The van der Waals surface area contributed by atoms with E-state index in [1.54, 1.807) is 0 Å². The van der Waals surface area contributed by atoms with Gasteiger partial charge in [0.2, 0.25) is 0 Å². The van der Waals surface area contributed by atoms with Crippen molar-refractivity contribution in [2.24, 2.45) is 0 Å². The molecule has 2 aromatic rings. The molecule has 1 aromatic heterocycles. The Bertz CT molecular complexity index is 599. The molecule has 0 bridgehead atoms. The molecule has 0 radical (unpaired) electrons. The van der Waals surface area contributed by atoms with Crippen molar-refractivity contribution in [3.05, 3.63) is 41.3 Å². The maximum absolute atomic E-state index is 13.2. The van der Waals surface area contributed by atoms with Crippen molar-refractivity contribution in [1.29, 1.82) is 0 Å². The lowest BCUT2D eigenvalue weighted by Crippen LogP contribution is -2.17. The van der Waals surface area contributed by atoms with Crippen molar-refractivity contribution in [1.82, 2.24) is 15.1 Å². The smallest absolute Gasteiger partial charge is 0.123 e. The van der Waals surface area contributed by atoms with Gasteiger partial charge in [0.1, 0.15) is 5.82 Å². The lowest BCUT2D eigenvalue weighted by atomic mass is 10.0. The molecule has 0 unspecified atom stereocenters. The molecule has 1 N–H and O–H groups in total. The number of hydrogen-bond acceptors (Lipinski definition) is 2. The third-order valence-electron chi connectivity index (χ3n) is 3.79. The molecule has 2 heterocycles. The van der Waals surface area contributed by atoms with Crippen LogP contribution >= 0.6 is 0 Å². The minimum absolute atomic E-state index is 0.197. The monoisotopic (exact) mass is 273 g/mol. The van der Waals surface area contributed by atoms with Crippen molar-refractivity contribution in [2.75, 3.05) is 13.1 Å². The van der Waals surface area contributed by atoms with Crippen LogP contribution in [0, 0.1) is 5.82 Å². The number of rotatable bonds is 2. The molecule has 0 fully saturated rings. The second-order valence-electron chi connectivity index (χ2n) is 5.57. The highest BCUT2D eigenvalue weighted by Crippen LogP contribution is 2.30. The first-order valence-electron chi connectivity index (χ1n) is 7.23. The average molecular weight is 273 g/mol. The number of benzene rings is 1. The average Bonchev–Trinajstić information content (AvgIpc) is 2.64. The molecular formula is C16H20FN3. The van der Waals surface area contributed by atoms with Gasteiger partial charge in [0.15, 0.2) is 0 Å². The van der Waals surface area contributed by atoms with E-state index in [1.807, 2.05) is 12.1 Å². The summed E-state index contributed by atoms with van der Waals surface area (Å²) < 4.78 is 15.2. The van der Waals surface area contributed by atoms with E-state index in [0.717, 1.165) is 37.2 Å². The van der Waals surface area contributed by atoms with E-state index in [1.165, 1.54) is 23.4 Å². The predicted octanol–water partition coefficient (Wildman–Crippen LogP) is 2.96. The van der Waals surface area contributed by atoms with Gasteiger partial charge in [-0.25, -0.2) is 4.39 Å². The second kappa shape index (κ2) is 5.37. The summed E-state index contributed by atoms with van der Waals surface area (Å²) in [7, 11) is 0. The molecule has 20 heavy (non-hydrogen) atoms. The van der Waals surface area contributed by atoms with Crippen molar-refractivity contribution >= 4 is 0 Å². The summed E-state index contributed by atoms with van der Waals surface area (Å²) in [4.78, 5) is 0. The molecule has 3 nitrogen and oxygen atoms in total. The number of hydrogen-bond donors (Lipinski definition) is 1. The van der Waals surface area contributed by atoms with Gasteiger partial charge in [-0.15, -0.1) is 0 Å². The maximum Gasteiger partial charge on any atom is 0.123 e. The van der Waals surface area contributed by atoms with Gasteiger partial charge in [0.25, 0.3) is 0 Å². The van der Waals surface area contributed by atoms with Crippen molar-refractivity contribution < 1.29 is 4.39 Å². The summed E-state index contributed by atoms with van der Waals surface area (Å²) in [5.41, 5.74) is 4.70. The molecule has 3 rings (SSSR count). The molecule has 0 saturated carbocycles. The molecule has 0 saturated heterocycles. The van der Waals surface area contributed by atoms with E-state index in [0.29, 0.717) is 6.04 Å². The Morgan fingerprint density at radius 1 is 1.15 bits per heavy atom. The van der Waals surface area contributed by atoms with Gasteiger partial charge in [-0.05, 0) is 51.1 Å². The number of nitrogens with zero attached hydrogens (tertiary/aromatic N) is 2. The Labute approximate surface area is 118 Å². The van der Waals surface area contributed by atoms with Crippen LogP contribution in [0.5, 0.6) is 0 Å². The SMILES string of the molecule is CC(C)n1nc2c(c1-c1ccc(F)cc1)CCNCC2. The Hall–Kier alpha value is -1.68. The van der Waals surface area contributed by atoms with Crippen LogP contribution in [-0.2, 0) is 12.8 Å². The Kier molecular flexibility index (Phi) is 3.57. The quantitative estimate of drug-likeness (QED) is 0.911. The predicted molar refractivity (Wildman–Crippen MR) is 78.3 cm³/mol. The first kappa shape index (κ1) is 13.3. The first-order chi connectivity index (χ1) is 9.66. The molecule has 1 aliphatic heterocycles. The number of halogens is 1. The van der Waals surface area contributed by atoms with E-state index in [4.69, 9.17) is 5.10 Å². The van der Waals surface area contributed by atoms with Crippen molar-refractivity contribution in [3.63, 3.8) is 0 Å². The largest absolute Gasteiger partial charge is 0.316 e. The van der Waals surface area contributed by atoms with Crippen LogP contribution in [0.3, 0.4) is 0 Å². The van der Waals surface area contributed by atoms with E-state index in [-0.39, 0.29) is 5.82 Å². The molecule has 4 heteroatoms. The number of aromatic nitrogens is 2. The van der Waals surface area contributed by atoms with E-state index in [9.17, 15) is 4.39 Å². The van der Waals surface area contributed by atoms with Gasteiger partial charge in [-0.2, -0.15) is 5.10 Å². The Morgan fingerprint density at radius 2 is 1.85 bits per heavy atom. The third kappa shape index (κ3) is 2.36. The second-order valence-corrected chi connectivity index (χ2v) is 5.57. The summed E-state index contributed by atoms with van der Waals surface area (Å²) >= 11 is 0. The molecule has 1 aliphatic rings. The lowest BCUT2D eigenvalue weighted by molar-refractivity contribution is 0.529. The topological polar surface area (TPSA) is 29.9 Å². The summed E-state index contributed by atoms with van der Waals surface area (Å²) in [5, 5.41) is 8.20. The minimum atomic E-state index is -0.197.